The van der Waals surface area contributed by atoms with Gasteiger partial charge in [-0.15, -0.1) is 0 Å². The number of nitrogens with two attached hydrogens (primary N) is 1. The van der Waals surface area contributed by atoms with Crippen molar-refractivity contribution in [1.82, 2.24) is 0 Å². The van der Waals surface area contributed by atoms with Gasteiger partial charge in [0, 0.05) is 6.42 Å². The first-order valence-electron chi connectivity index (χ1n) is 6.31. The molecule has 1 aromatic carbocycles. The summed E-state index contributed by atoms with van der Waals surface area (Å²) in [5.74, 6) is 0.149. The molecule has 0 aliphatic carbocycles. The fraction of sp³-hybridized carbons (Fsp3) is 0.533. The molecule has 0 fully saturated rings. The molecule has 0 unspecified atom stereocenters. The highest BCUT2D eigenvalue weighted by Gasteiger charge is 2.29. The second kappa shape index (κ2) is 5.46. The van der Waals surface area contributed by atoms with Crippen molar-refractivity contribution in [3.05, 3.63) is 34.9 Å². The summed E-state index contributed by atoms with van der Waals surface area (Å²) in [7, 11) is 0. The van der Waals surface area contributed by atoms with Gasteiger partial charge in [0.25, 0.3) is 0 Å². The molecular formula is C15H23NO. The minimum atomic E-state index is -0.657. The van der Waals surface area contributed by atoms with Crippen LogP contribution in [0.25, 0.3) is 0 Å². The number of aryl methyl sites for hydroxylation is 2. The van der Waals surface area contributed by atoms with Gasteiger partial charge in [0.1, 0.15) is 0 Å². The van der Waals surface area contributed by atoms with Gasteiger partial charge >= 0.3 is 0 Å². The highest BCUT2D eigenvalue weighted by molar-refractivity contribution is 5.90. The molecule has 0 heterocycles. The van der Waals surface area contributed by atoms with Gasteiger partial charge in [0.2, 0.25) is 0 Å². The molecule has 0 spiro atoms. The molecule has 1 rings (SSSR count). The molecule has 0 radical (unpaired) electrons. The van der Waals surface area contributed by atoms with Gasteiger partial charge in [-0.05, 0) is 37.8 Å². The van der Waals surface area contributed by atoms with E-state index in [9.17, 15) is 4.79 Å². The summed E-state index contributed by atoms with van der Waals surface area (Å²) in [6.07, 6.45) is 1.85. The molecule has 0 amide bonds. The zero-order valence-electron chi connectivity index (χ0n) is 11.3. The Labute approximate surface area is 104 Å². The average Bonchev–Trinajstić information content (AvgIpc) is 2.32. The highest BCUT2D eigenvalue weighted by Crippen LogP contribution is 2.18. The Kier molecular flexibility index (Phi) is 4.47. The first kappa shape index (κ1) is 13.9. The van der Waals surface area contributed by atoms with Crippen LogP contribution < -0.4 is 5.73 Å². The van der Waals surface area contributed by atoms with Crippen molar-refractivity contribution in [1.29, 1.82) is 0 Å². The summed E-state index contributed by atoms with van der Waals surface area (Å²) in [4.78, 5) is 12.2. The van der Waals surface area contributed by atoms with Gasteiger partial charge in [-0.25, -0.2) is 0 Å². The van der Waals surface area contributed by atoms with Crippen LogP contribution in [0.4, 0.5) is 0 Å². The molecule has 0 saturated heterocycles. The number of carbonyl (C=O) groups excluding carboxylic acids is 1. The standard InChI is InChI=1S/C15H23NO/c1-5-15(16,6-2)14(17)10-13-9-11(3)7-8-12(13)4/h7-9H,5-6,10,16H2,1-4H3. The lowest BCUT2D eigenvalue weighted by molar-refractivity contribution is -0.123. The van der Waals surface area contributed by atoms with E-state index in [1.54, 1.807) is 0 Å². The van der Waals surface area contributed by atoms with Crippen LogP contribution in [0.15, 0.2) is 18.2 Å². The van der Waals surface area contributed by atoms with Crippen molar-refractivity contribution < 1.29 is 4.79 Å². The molecule has 1 aromatic rings. The van der Waals surface area contributed by atoms with Crippen molar-refractivity contribution in [3.63, 3.8) is 0 Å². The number of ketones is 1. The first-order chi connectivity index (χ1) is 7.92. The second-order valence-electron chi connectivity index (χ2n) is 4.89. The normalized spacial score (nSPS) is 11.6. The summed E-state index contributed by atoms with van der Waals surface area (Å²) in [6, 6.07) is 6.21. The van der Waals surface area contributed by atoms with Crippen LogP contribution in [-0.4, -0.2) is 11.3 Å². The Hall–Kier alpha value is -1.15. The van der Waals surface area contributed by atoms with Crippen molar-refractivity contribution in [3.8, 4) is 0 Å². The van der Waals surface area contributed by atoms with E-state index in [0.29, 0.717) is 19.3 Å². The minimum Gasteiger partial charge on any atom is -0.319 e. The number of hydrogen-bond acceptors (Lipinski definition) is 2. The number of Topliss-reactive ketones (excluding diaryl/α,β-unsaturated/α-hetero) is 1. The Morgan fingerprint density at radius 2 is 1.82 bits per heavy atom. The predicted molar refractivity (Wildman–Crippen MR) is 72.1 cm³/mol. The first-order valence-corrected chi connectivity index (χ1v) is 6.31. The van der Waals surface area contributed by atoms with E-state index in [-0.39, 0.29) is 5.78 Å². The van der Waals surface area contributed by atoms with E-state index in [4.69, 9.17) is 5.73 Å². The molecule has 2 nitrogen and oxygen atoms in total. The highest BCUT2D eigenvalue weighted by atomic mass is 16.1. The third-order valence-electron chi connectivity index (χ3n) is 3.67. The van der Waals surface area contributed by atoms with Crippen molar-refractivity contribution >= 4 is 5.78 Å². The van der Waals surface area contributed by atoms with Gasteiger partial charge < -0.3 is 5.73 Å². The third-order valence-corrected chi connectivity index (χ3v) is 3.67. The van der Waals surface area contributed by atoms with E-state index < -0.39 is 5.54 Å². The second-order valence-corrected chi connectivity index (χ2v) is 4.89. The molecule has 0 aliphatic rings. The topological polar surface area (TPSA) is 43.1 Å². The van der Waals surface area contributed by atoms with Crippen LogP contribution in [0.3, 0.4) is 0 Å². The van der Waals surface area contributed by atoms with Gasteiger partial charge in [-0.1, -0.05) is 37.6 Å². The lowest BCUT2D eigenvalue weighted by atomic mass is 9.85. The van der Waals surface area contributed by atoms with Crippen LogP contribution in [0, 0.1) is 13.8 Å². The molecule has 2 heteroatoms. The molecule has 17 heavy (non-hydrogen) atoms. The van der Waals surface area contributed by atoms with Gasteiger partial charge in [-0.3, -0.25) is 4.79 Å². The Balaban J connectivity index is 2.91. The lowest BCUT2D eigenvalue weighted by Crippen LogP contribution is -2.47. The fourth-order valence-electron chi connectivity index (χ4n) is 1.98. The summed E-state index contributed by atoms with van der Waals surface area (Å²) in [5, 5.41) is 0. The van der Waals surface area contributed by atoms with E-state index >= 15 is 0 Å². The fourth-order valence-corrected chi connectivity index (χ4v) is 1.98. The Morgan fingerprint density at radius 1 is 1.24 bits per heavy atom. The summed E-state index contributed by atoms with van der Waals surface area (Å²) in [6.45, 7) is 8.04. The smallest absolute Gasteiger partial charge is 0.156 e. The van der Waals surface area contributed by atoms with E-state index in [1.807, 2.05) is 27.7 Å². The summed E-state index contributed by atoms with van der Waals surface area (Å²) in [5.41, 5.74) is 8.93. The molecule has 0 aromatic heterocycles. The Morgan fingerprint density at radius 3 is 2.35 bits per heavy atom. The summed E-state index contributed by atoms with van der Waals surface area (Å²) < 4.78 is 0. The third kappa shape index (κ3) is 3.16. The molecule has 0 bridgehead atoms. The number of hydrogen-bond donors (Lipinski definition) is 1. The maximum Gasteiger partial charge on any atom is 0.156 e. The molecule has 0 atom stereocenters. The molecular weight excluding hydrogens is 210 g/mol. The van der Waals surface area contributed by atoms with Crippen LogP contribution >= 0.6 is 0 Å². The minimum absolute atomic E-state index is 0.149. The lowest BCUT2D eigenvalue weighted by Gasteiger charge is -2.25. The van der Waals surface area contributed by atoms with Crippen LogP contribution in [0.5, 0.6) is 0 Å². The van der Waals surface area contributed by atoms with Gasteiger partial charge in [0.15, 0.2) is 5.78 Å². The summed E-state index contributed by atoms with van der Waals surface area (Å²) >= 11 is 0. The molecule has 94 valence electrons. The maximum atomic E-state index is 12.2. The zero-order valence-corrected chi connectivity index (χ0v) is 11.3. The Bertz CT molecular complexity index is 405. The SMILES string of the molecule is CCC(N)(CC)C(=O)Cc1cc(C)ccc1C. The maximum absolute atomic E-state index is 12.2. The van der Waals surface area contributed by atoms with Crippen molar-refractivity contribution in [2.24, 2.45) is 5.73 Å². The molecule has 0 saturated carbocycles. The van der Waals surface area contributed by atoms with Gasteiger partial charge in [-0.2, -0.15) is 0 Å². The van der Waals surface area contributed by atoms with Crippen molar-refractivity contribution in [2.75, 3.05) is 0 Å². The van der Waals surface area contributed by atoms with E-state index in [0.717, 1.165) is 5.56 Å². The number of rotatable bonds is 5. The van der Waals surface area contributed by atoms with E-state index in [1.165, 1.54) is 11.1 Å². The van der Waals surface area contributed by atoms with Gasteiger partial charge in [0.05, 0.1) is 5.54 Å². The van der Waals surface area contributed by atoms with Crippen LogP contribution in [0.2, 0.25) is 0 Å². The zero-order chi connectivity index (χ0) is 13.1. The van der Waals surface area contributed by atoms with Crippen LogP contribution in [0.1, 0.15) is 43.4 Å². The van der Waals surface area contributed by atoms with Crippen molar-refractivity contribution in [2.45, 2.75) is 52.5 Å². The monoisotopic (exact) mass is 233 g/mol. The predicted octanol–water partition coefficient (Wildman–Crippen LogP) is 2.93. The van der Waals surface area contributed by atoms with Crippen LogP contribution in [-0.2, 0) is 11.2 Å². The number of benzene rings is 1. The number of carbonyl (C=O) groups is 1. The molecule has 2 N–H and O–H groups in total. The molecule has 0 aliphatic heterocycles. The average molecular weight is 233 g/mol. The van der Waals surface area contributed by atoms with E-state index in [2.05, 4.69) is 18.2 Å². The quantitative estimate of drug-likeness (QED) is 0.849. The largest absolute Gasteiger partial charge is 0.319 e.